The van der Waals surface area contributed by atoms with Crippen LogP contribution < -0.4 is 16.0 Å². The molecular formula is C20H37N3O8. The van der Waals surface area contributed by atoms with Crippen molar-refractivity contribution < 1.29 is 38.5 Å². The molecule has 1 unspecified atom stereocenters. The molecule has 0 spiro atoms. The van der Waals surface area contributed by atoms with Crippen LogP contribution in [-0.2, 0) is 19.0 Å². The predicted octanol–water partition coefficient (Wildman–Crippen LogP) is 2.77. The highest BCUT2D eigenvalue weighted by Crippen LogP contribution is 2.10. The van der Waals surface area contributed by atoms with E-state index in [1.807, 2.05) is 0 Å². The van der Waals surface area contributed by atoms with E-state index in [2.05, 4.69) is 16.0 Å². The highest BCUT2D eigenvalue weighted by atomic mass is 16.6. The molecule has 0 heterocycles. The van der Waals surface area contributed by atoms with Gasteiger partial charge in [-0.25, -0.2) is 19.2 Å². The van der Waals surface area contributed by atoms with Crippen molar-refractivity contribution >= 4 is 24.2 Å². The topological polar surface area (TPSA) is 152 Å². The van der Waals surface area contributed by atoms with E-state index in [1.54, 1.807) is 62.3 Å². The molecule has 0 aliphatic heterocycles. The predicted molar refractivity (Wildman–Crippen MR) is 113 cm³/mol. The van der Waals surface area contributed by atoms with E-state index in [1.165, 1.54) is 0 Å². The van der Waals surface area contributed by atoms with Crippen molar-refractivity contribution in [2.24, 2.45) is 0 Å². The maximum atomic E-state index is 12.2. The first-order chi connectivity index (χ1) is 13.8. The Morgan fingerprint density at radius 2 is 1.10 bits per heavy atom. The third-order valence-corrected chi connectivity index (χ3v) is 3.12. The van der Waals surface area contributed by atoms with Crippen LogP contribution in [-0.4, -0.2) is 64.8 Å². The summed E-state index contributed by atoms with van der Waals surface area (Å²) in [5.41, 5.74) is -2.34. The van der Waals surface area contributed by atoms with Crippen LogP contribution in [0.5, 0.6) is 0 Å². The van der Waals surface area contributed by atoms with Gasteiger partial charge in [0.2, 0.25) is 0 Å². The smallest absolute Gasteiger partial charge is 0.408 e. The van der Waals surface area contributed by atoms with E-state index >= 15 is 0 Å². The normalized spacial score (nSPS) is 14.0. The molecule has 0 aromatic rings. The number of carboxylic acid groups (broad SMARTS) is 1. The van der Waals surface area contributed by atoms with Gasteiger partial charge in [-0.2, -0.15) is 0 Å². The fourth-order valence-electron chi connectivity index (χ4n) is 2.14. The number of alkyl carbamates (subject to hydrolysis) is 3. The Kier molecular flexibility index (Phi) is 10.1. The highest BCUT2D eigenvalue weighted by molar-refractivity contribution is 5.80. The number of carboxylic acids is 1. The monoisotopic (exact) mass is 447 g/mol. The summed E-state index contributed by atoms with van der Waals surface area (Å²) < 4.78 is 15.4. The van der Waals surface area contributed by atoms with Crippen LogP contribution in [0.1, 0.15) is 68.7 Å². The molecule has 31 heavy (non-hydrogen) atoms. The van der Waals surface area contributed by atoms with E-state index in [9.17, 15) is 24.3 Å². The van der Waals surface area contributed by atoms with Crippen LogP contribution in [0.15, 0.2) is 0 Å². The molecule has 11 nitrogen and oxygen atoms in total. The molecule has 0 saturated carbocycles. The van der Waals surface area contributed by atoms with Gasteiger partial charge in [0.25, 0.3) is 0 Å². The maximum Gasteiger partial charge on any atom is 0.408 e. The zero-order valence-electron chi connectivity index (χ0n) is 19.9. The van der Waals surface area contributed by atoms with Gasteiger partial charge in [0, 0.05) is 13.0 Å². The second-order valence-corrected chi connectivity index (χ2v) is 10.00. The number of amides is 3. The summed E-state index contributed by atoms with van der Waals surface area (Å²) in [7, 11) is 0. The van der Waals surface area contributed by atoms with Crippen molar-refractivity contribution in [3.63, 3.8) is 0 Å². The zero-order valence-corrected chi connectivity index (χ0v) is 19.9. The Balaban J connectivity index is 5.28. The summed E-state index contributed by atoms with van der Waals surface area (Å²) >= 11 is 0. The Morgan fingerprint density at radius 3 is 1.48 bits per heavy atom. The summed E-state index contributed by atoms with van der Waals surface area (Å²) in [6, 6.07) is -2.28. The summed E-state index contributed by atoms with van der Waals surface area (Å²) in [4.78, 5) is 47.8. The number of hydrogen-bond donors (Lipinski definition) is 4. The van der Waals surface area contributed by atoms with Crippen LogP contribution in [0, 0.1) is 0 Å². The van der Waals surface area contributed by atoms with Gasteiger partial charge < -0.3 is 35.3 Å². The number of ether oxygens (including phenoxy) is 3. The van der Waals surface area contributed by atoms with Crippen molar-refractivity contribution in [3.8, 4) is 0 Å². The van der Waals surface area contributed by atoms with Gasteiger partial charge in [0.1, 0.15) is 22.8 Å². The molecule has 3 amide bonds. The second kappa shape index (κ2) is 11.1. The molecule has 0 rings (SSSR count). The van der Waals surface area contributed by atoms with Gasteiger partial charge in [-0.05, 0) is 62.3 Å². The SMILES string of the molecule is CC(C)(C)OC(=O)NCC(C[C@H](NC(=O)OC(C)(C)C)C(=O)O)NC(=O)OC(C)(C)C. The Hall–Kier alpha value is -2.72. The maximum absolute atomic E-state index is 12.2. The van der Waals surface area contributed by atoms with Crippen molar-refractivity contribution in [3.05, 3.63) is 0 Å². The van der Waals surface area contributed by atoms with E-state index in [4.69, 9.17) is 14.2 Å². The Labute approximate surface area is 183 Å². The van der Waals surface area contributed by atoms with Gasteiger partial charge in [0.05, 0.1) is 6.04 Å². The van der Waals surface area contributed by atoms with Crippen LogP contribution in [0.25, 0.3) is 0 Å². The summed E-state index contributed by atoms with van der Waals surface area (Å²) in [6.07, 6.45) is -2.71. The molecule has 0 aromatic carbocycles. The number of carbonyl (C=O) groups is 4. The molecule has 0 aliphatic carbocycles. The minimum atomic E-state index is -1.39. The molecule has 0 fully saturated rings. The van der Waals surface area contributed by atoms with Crippen LogP contribution in [0.3, 0.4) is 0 Å². The van der Waals surface area contributed by atoms with Crippen molar-refractivity contribution in [2.75, 3.05) is 6.54 Å². The number of aliphatic carboxylic acids is 1. The van der Waals surface area contributed by atoms with E-state index in [0.717, 1.165) is 0 Å². The molecule has 0 aliphatic rings. The quantitative estimate of drug-likeness (QED) is 0.435. The first-order valence-corrected chi connectivity index (χ1v) is 9.96. The Morgan fingerprint density at radius 1 is 0.710 bits per heavy atom. The minimum Gasteiger partial charge on any atom is -0.480 e. The Bertz CT molecular complexity index is 644. The fraction of sp³-hybridized carbons (Fsp3) is 0.800. The van der Waals surface area contributed by atoms with Crippen LogP contribution >= 0.6 is 0 Å². The number of carbonyl (C=O) groups excluding carboxylic acids is 3. The lowest BCUT2D eigenvalue weighted by Crippen LogP contribution is -2.52. The minimum absolute atomic E-state index is 0.159. The van der Waals surface area contributed by atoms with Gasteiger partial charge in [-0.3, -0.25) is 0 Å². The molecule has 2 atom stereocenters. The molecule has 0 aromatic heterocycles. The average molecular weight is 448 g/mol. The standard InChI is InChI=1S/C20H37N3O8/c1-18(2,3)29-15(26)21-11-12(22-16(27)30-19(4,5)6)10-13(14(24)25)23-17(28)31-20(7,8)9/h12-13H,10-11H2,1-9H3,(H,21,26)(H,22,27)(H,23,28)(H,24,25)/t12?,13-/m0/s1. The van der Waals surface area contributed by atoms with Crippen molar-refractivity contribution in [2.45, 2.75) is 97.6 Å². The number of rotatable bonds is 7. The third kappa shape index (κ3) is 15.7. The fourth-order valence-corrected chi connectivity index (χ4v) is 2.14. The molecule has 0 saturated heterocycles. The number of nitrogens with one attached hydrogen (secondary N) is 3. The van der Waals surface area contributed by atoms with Gasteiger partial charge >= 0.3 is 24.2 Å². The first kappa shape index (κ1) is 28.3. The van der Waals surface area contributed by atoms with Gasteiger partial charge in [-0.1, -0.05) is 0 Å². The third-order valence-electron chi connectivity index (χ3n) is 3.12. The summed E-state index contributed by atoms with van der Waals surface area (Å²) in [5.74, 6) is -1.33. The first-order valence-electron chi connectivity index (χ1n) is 9.96. The lowest BCUT2D eigenvalue weighted by molar-refractivity contribution is -0.139. The van der Waals surface area contributed by atoms with Gasteiger partial charge in [0.15, 0.2) is 0 Å². The molecule has 11 heteroatoms. The van der Waals surface area contributed by atoms with Crippen LogP contribution in [0.2, 0.25) is 0 Å². The van der Waals surface area contributed by atoms with Crippen molar-refractivity contribution in [1.29, 1.82) is 0 Å². The molecule has 4 N–H and O–H groups in total. The summed E-state index contributed by atoms with van der Waals surface area (Å²) in [6.45, 7) is 14.8. The summed E-state index contributed by atoms with van der Waals surface area (Å²) in [5, 5.41) is 16.7. The van der Waals surface area contributed by atoms with E-state index < -0.39 is 53.1 Å². The van der Waals surface area contributed by atoms with Crippen molar-refractivity contribution in [1.82, 2.24) is 16.0 Å². The highest BCUT2D eigenvalue weighted by Gasteiger charge is 2.29. The molecule has 0 bridgehead atoms. The van der Waals surface area contributed by atoms with E-state index in [0.29, 0.717) is 0 Å². The lowest BCUT2D eigenvalue weighted by Gasteiger charge is -2.27. The molecular weight excluding hydrogens is 410 g/mol. The van der Waals surface area contributed by atoms with Crippen LogP contribution in [0.4, 0.5) is 14.4 Å². The molecule has 0 radical (unpaired) electrons. The second-order valence-electron chi connectivity index (χ2n) is 10.00. The lowest BCUT2D eigenvalue weighted by atomic mass is 10.1. The van der Waals surface area contributed by atoms with Gasteiger partial charge in [-0.15, -0.1) is 0 Å². The average Bonchev–Trinajstić information content (AvgIpc) is 2.46. The largest absolute Gasteiger partial charge is 0.480 e. The zero-order chi connectivity index (χ0) is 24.6. The molecule has 180 valence electrons. The van der Waals surface area contributed by atoms with E-state index in [-0.39, 0.29) is 13.0 Å². The number of hydrogen-bond acceptors (Lipinski definition) is 7.